The van der Waals surface area contributed by atoms with Crippen LogP contribution in [0.5, 0.6) is 5.75 Å². The number of benzene rings is 2. The summed E-state index contributed by atoms with van der Waals surface area (Å²) in [4.78, 5) is 29.9. The second kappa shape index (κ2) is 8.55. The third-order valence-corrected chi connectivity index (χ3v) is 4.70. The van der Waals surface area contributed by atoms with Crippen LogP contribution >= 0.6 is 11.8 Å². The fourth-order valence-corrected chi connectivity index (χ4v) is 3.53. The molecule has 1 amide bonds. The number of hydrogen-bond donors (Lipinski definition) is 0. The van der Waals surface area contributed by atoms with Gasteiger partial charge in [-0.2, -0.15) is 0 Å². The number of amidine groups is 1. The highest BCUT2D eigenvalue weighted by atomic mass is 32.2. The molecule has 3 rings (SSSR count). The van der Waals surface area contributed by atoms with Gasteiger partial charge < -0.3 is 14.6 Å². The van der Waals surface area contributed by atoms with Gasteiger partial charge in [-0.3, -0.25) is 9.69 Å². The van der Waals surface area contributed by atoms with E-state index in [2.05, 4.69) is 4.99 Å². The maximum Gasteiger partial charge on any atom is 0.266 e. The van der Waals surface area contributed by atoms with Crippen molar-refractivity contribution in [3.63, 3.8) is 0 Å². The summed E-state index contributed by atoms with van der Waals surface area (Å²) in [6.07, 6.45) is 1.75. The van der Waals surface area contributed by atoms with Crippen molar-refractivity contribution < 1.29 is 19.4 Å². The molecule has 138 valence electrons. The summed E-state index contributed by atoms with van der Waals surface area (Å²) in [5.41, 5.74) is 1.52. The van der Waals surface area contributed by atoms with Crippen molar-refractivity contribution in [3.8, 4) is 5.75 Å². The Hall–Kier alpha value is -3.06. The number of ether oxygens (including phenoxy) is 1. The topological polar surface area (TPSA) is 82.0 Å². The maximum absolute atomic E-state index is 12.7. The Morgan fingerprint density at radius 2 is 2.00 bits per heavy atom. The summed E-state index contributed by atoms with van der Waals surface area (Å²) in [6.45, 7) is 1.89. The Bertz CT molecular complexity index is 909. The van der Waals surface area contributed by atoms with Gasteiger partial charge in [0.1, 0.15) is 12.4 Å². The van der Waals surface area contributed by atoms with Crippen molar-refractivity contribution in [1.29, 1.82) is 0 Å². The van der Waals surface area contributed by atoms with Crippen LogP contribution in [-0.2, 0) is 9.59 Å². The molecule has 0 radical (unpaired) electrons. The summed E-state index contributed by atoms with van der Waals surface area (Å²) in [6, 6.07) is 16.3. The molecule has 2 aromatic rings. The monoisotopic (exact) mass is 381 g/mol. The summed E-state index contributed by atoms with van der Waals surface area (Å²) in [5.74, 6) is -1.01. The van der Waals surface area contributed by atoms with Crippen LogP contribution in [0.3, 0.4) is 0 Å². The zero-order valence-electron chi connectivity index (χ0n) is 14.6. The van der Waals surface area contributed by atoms with E-state index >= 15 is 0 Å². The van der Waals surface area contributed by atoms with Crippen LogP contribution in [0, 0.1) is 0 Å². The van der Waals surface area contributed by atoms with E-state index in [-0.39, 0.29) is 5.91 Å². The lowest BCUT2D eigenvalue weighted by atomic mass is 10.2. The molecule has 6 nitrogen and oxygen atoms in total. The molecule has 2 aromatic carbocycles. The lowest BCUT2D eigenvalue weighted by Crippen LogP contribution is -2.28. The molecule has 0 spiro atoms. The molecule has 0 unspecified atom stereocenters. The van der Waals surface area contributed by atoms with E-state index in [1.807, 2.05) is 43.3 Å². The lowest BCUT2D eigenvalue weighted by molar-refractivity contribution is -0.307. The van der Waals surface area contributed by atoms with E-state index in [9.17, 15) is 14.7 Å². The minimum Gasteiger partial charge on any atom is -0.546 e. The third-order valence-electron chi connectivity index (χ3n) is 3.70. The van der Waals surface area contributed by atoms with Crippen LogP contribution in [0.4, 0.5) is 5.69 Å². The number of hydrogen-bond acceptors (Lipinski definition) is 6. The van der Waals surface area contributed by atoms with E-state index < -0.39 is 12.6 Å². The van der Waals surface area contributed by atoms with Gasteiger partial charge in [0.25, 0.3) is 5.91 Å². The van der Waals surface area contributed by atoms with Crippen molar-refractivity contribution in [2.75, 3.05) is 13.2 Å². The molecule has 27 heavy (non-hydrogen) atoms. The number of rotatable bonds is 6. The quantitative estimate of drug-likeness (QED) is 0.718. The molecule has 0 saturated carbocycles. The Labute approximate surface area is 161 Å². The van der Waals surface area contributed by atoms with Gasteiger partial charge in [0.2, 0.25) is 0 Å². The number of carbonyl (C=O) groups excluding carboxylic acids is 2. The number of para-hydroxylation sites is 1. The van der Waals surface area contributed by atoms with E-state index in [4.69, 9.17) is 4.74 Å². The number of aliphatic carboxylic acids is 1. The standard InChI is InChI=1S/C20H18N2O4S/c1-2-22-19(25)17(27-20(22)21-15-8-4-3-5-9-15)12-14-7-6-10-16(11-14)26-13-18(23)24/h3-12H,2,13H2,1H3,(H,23,24)/p-1/b17-12+,21-20?. The average Bonchev–Trinajstić information content (AvgIpc) is 2.95. The van der Waals surface area contributed by atoms with Crippen LogP contribution in [0.25, 0.3) is 6.08 Å². The van der Waals surface area contributed by atoms with Crippen molar-refractivity contribution in [2.45, 2.75) is 6.92 Å². The first-order valence-electron chi connectivity index (χ1n) is 8.34. The smallest absolute Gasteiger partial charge is 0.266 e. The number of aliphatic imine (C=N–C) groups is 1. The lowest BCUT2D eigenvalue weighted by Gasteiger charge is -2.11. The SMILES string of the molecule is CCN1C(=O)/C(=C\c2cccc(OCC(=O)[O-])c2)SC1=Nc1ccccc1. The highest BCUT2D eigenvalue weighted by Crippen LogP contribution is 2.34. The molecule has 0 N–H and O–H groups in total. The molecule has 7 heteroatoms. The van der Waals surface area contributed by atoms with Gasteiger partial charge in [0, 0.05) is 6.54 Å². The van der Waals surface area contributed by atoms with E-state index in [0.29, 0.717) is 22.4 Å². The molecule has 1 aliphatic heterocycles. The Morgan fingerprint density at radius 3 is 2.70 bits per heavy atom. The predicted octanol–water partition coefficient (Wildman–Crippen LogP) is 2.44. The fraction of sp³-hybridized carbons (Fsp3) is 0.150. The third kappa shape index (κ3) is 4.77. The zero-order chi connectivity index (χ0) is 19.2. The minimum atomic E-state index is -1.29. The van der Waals surface area contributed by atoms with Crippen LogP contribution in [0.1, 0.15) is 12.5 Å². The van der Waals surface area contributed by atoms with E-state index in [1.165, 1.54) is 11.8 Å². The predicted molar refractivity (Wildman–Crippen MR) is 103 cm³/mol. The molecule has 1 saturated heterocycles. The van der Waals surface area contributed by atoms with Gasteiger partial charge >= 0.3 is 0 Å². The molecule has 0 atom stereocenters. The van der Waals surface area contributed by atoms with Gasteiger partial charge in [-0.1, -0.05) is 30.3 Å². The first-order chi connectivity index (χ1) is 13.1. The Kier molecular flexibility index (Phi) is 5.93. The average molecular weight is 381 g/mol. The van der Waals surface area contributed by atoms with E-state index in [0.717, 1.165) is 11.3 Å². The molecule has 0 aromatic heterocycles. The summed E-state index contributed by atoms with van der Waals surface area (Å²) in [7, 11) is 0. The molecule has 1 fully saturated rings. The van der Waals surface area contributed by atoms with Gasteiger partial charge in [0.15, 0.2) is 5.17 Å². The maximum atomic E-state index is 12.7. The largest absolute Gasteiger partial charge is 0.546 e. The second-order valence-electron chi connectivity index (χ2n) is 5.62. The highest BCUT2D eigenvalue weighted by molar-refractivity contribution is 8.18. The molecule has 0 aliphatic carbocycles. The molecule has 1 heterocycles. The second-order valence-corrected chi connectivity index (χ2v) is 6.63. The number of carboxylic acid groups (broad SMARTS) is 1. The van der Waals surface area contributed by atoms with Gasteiger partial charge in [-0.05, 0) is 54.6 Å². The summed E-state index contributed by atoms with van der Waals surface area (Å²) in [5, 5.41) is 11.1. The van der Waals surface area contributed by atoms with Crippen LogP contribution in [-0.4, -0.2) is 35.1 Å². The first-order valence-corrected chi connectivity index (χ1v) is 9.16. The van der Waals surface area contributed by atoms with Crippen LogP contribution in [0.15, 0.2) is 64.5 Å². The zero-order valence-corrected chi connectivity index (χ0v) is 15.4. The van der Waals surface area contributed by atoms with Crippen molar-refractivity contribution in [1.82, 2.24) is 4.90 Å². The van der Waals surface area contributed by atoms with Crippen LogP contribution in [0.2, 0.25) is 0 Å². The number of carboxylic acids is 1. The highest BCUT2D eigenvalue weighted by Gasteiger charge is 2.32. The number of amides is 1. The van der Waals surface area contributed by atoms with E-state index in [1.54, 1.807) is 29.2 Å². The fourth-order valence-electron chi connectivity index (χ4n) is 2.47. The molecule has 0 bridgehead atoms. The number of likely N-dealkylation sites (N-methyl/N-ethyl adjacent to an activating group) is 1. The Morgan fingerprint density at radius 1 is 1.22 bits per heavy atom. The molecular formula is C20H17N2O4S-. The minimum absolute atomic E-state index is 0.113. The van der Waals surface area contributed by atoms with Gasteiger partial charge in [-0.15, -0.1) is 0 Å². The summed E-state index contributed by atoms with van der Waals surface area (Å²) >= 11 is 1.31. The first kappa shape index (κ1) is 18.7. The Balaban J connectivity index is 1.84. The number of thioether (sulfide) groups is 1. The summed E-state index contributed by atoms with van der Waals surface area (Å²) < 4.78 is 5.12. The van der Waals surface area contributed by atoms with Crippen molar-refractivity contribution in [3.05, 3.63) is 65.1 Å². The number of nitrogens with zero attached hydrogens (tertiary/aromatic N) is 2. The van der Waals surface area contributed by atoms with Crippen molar-refractivity contribution >= 4 is 40.6 Å². The number of carbonyl (C=O) groups is 2. The van der Waals surface area contributed by atoms with Crippen LogP contribution < -0.4 is 9.84 Å². The molecular weight excluding hydrogens is 364 g/mol. The normalized spacial score (nSPS) is 16.9. The van der Waals surface area contributed by atoms with Gasteiger partial charge in [-0.25, -0.2) is 4.99 Å². The van der Waals surface area contributed by atoms with Gasteiger partial charge in [0.05, 0.1) is 16.6 Å². The van der Waals surface area contributed by atoms with Crippen molar-refractivity contribution in [2.24, 2.45) is 4.99 Å². The molecule has 1 aliphatic rings.